The van der Waals surface area contributed by atoms with E-state index in [1.54, 1.807) is 6.26 Å². The van der Waals surface area contributed by atoms with Crippen LogP contribution in [-0.2, 0) is 40.7 Å². The van der Waals surface area contributed by atoms with E-state index in [0.717, 1.165) is 16.5 Å². The maximum Gasteiger partial charge on any atom is 0.220 e. The van der Waals surface area contributed by atoms with E-state index in [2.05, 4.69) is 462 Å². The second-order valence-electron chi connectivity index (χ2n) is 39.4. The molecule has 0 atom stereocenters. The molecular weight excluding hydrogens is 1610 g/mol. The van der Waals surface area contributed by atoms with E-state index in [9.17, 15) is 0 Å². The molecule has 0 bridgehead atoms. The molecule has 0 unspecified atom stereocenters. The minimum atomic E-state index is 0.0162. The van der Waals surface area contributed by atoms with E-state index in [1.165, 1.54) is 220 Å². The van der Waals surface area contributed by atoms with Crippen LogP contribution >= 0.6 is 11.3 Å². The van der Waals surface area contributed by atoms with Crippen LogP contribution in [0.2, 0.25) is 0 Å². The van der Waals surface area contributed by atoms with Crippen molar-refractivity contribution < 1.29 is 28.6 Å². The quantitative estimate of drug-likeness (QED) is 0.119. The minimum absolute atomic E-state index is 0.0162. The number of hydrogen-bond donors (Lipinski definition) is 0. The van der Waals surface area contributed by atoms with E-state index in [-0.39, 0.29) is 5.41 Å². The van der Waals surface area contributed by atoms with Gasteiger partial charge in [0, 0.05) is 73.7 Å². The van der Waals surface area contributed by atoms with Crippen LogP contribution in [0.25, 0.3) is 164 Å². The molecule has 7 nitrogen and oxygen atoms in total. The third-order valence-electron chi connectivity index (χ3n) is 28.0. The summed E-state index contributed by atoms with van der Waals surface area (Å²) in [4.78, 5) is 0. The Morgan fingerprint density at radius 3 is 1.16 bits per heavy atom. The number of benzene rings is 12. The van der Waals surface area contributed by atoms with Crippen LogP contribution in [0.15, 0.2) is 296 Å². The number of fused-ring (bicyclic) bond motifs is 13. The average Bonchev–Trinajstić information content (AvgIpc) is 1.56. The second kappa shape index (κ2) is 36.4. The van der Waals surface area contributed by atoms with E-state index in [1.807, 2.05) is 29.5 Å². The van der Waals surface area contributed by atoms with Gasteiger partial charge in [0.25, 0.3) is 0 Å². The number of furan rings is 1. The Bertz CT molecular complexity index is 7740. The molecule has 658 valence electrons. The molecule has 21 rings (SSSR count). The number of hydrogen-bond acceptors (Lipinski definition) is 2. The number of rotatable bonds is 11. The summed E-state index contributed by atoms with van der Waals surface area (Å²) in [6, 6.07) is 90.9. The van der Waals surface area contributed by atoms with Crippen LogP contribution in [-0.4, -0.2) is 4.57 Å². The Morgan fingerprint density at radius 1 is 0.305 bits per heavy atom. The first-order valence-corrected chi connectivity index (χ1v) is 48.0. The van der Waals surface area contributed by atoms with Crippen molar-refractivity contribution in [2.45, 2.75) is 180 Å². The molecule has 8 heterocycles. The first-order valence-electron chi connectivity index (χ1n) is 47.6. The number of thiophene rings is 1. The van der Waals surface area contributed by atoms with Crippen molar-refractivity contribution in [3.8, 4) is 67.4 Å². The lowest BCUT2D eigenvalue weighted by Crippen LogP contribution is -2.31. The highest BCUT2D eigenvalue weighted by atomic mass is 32.1. The van der Waals surface area contributed by atoms with Crippen molar-refractivity contribution in [3.63, 3.8) is 0 Å². The molecule has 0 aliphatic heterocycles. The highest BCUT2D eigenvalue weighted by Gasteiger charge is 2.37. The van der Waals surface area contributed by atoms with Crippen molar-refractivity contribution in [2.75, 3.05) is 0 Å². The third-order valence-corrected chi connectivity index (χ3v) is 28.9. The smallest absolute Gasteiger partial charge is 0.220 e. The lowest BCUT2D eigenvalue weighted by molar-refractivity contribution is -0.659. The molecule has 0 spiro atoms. The Balaban J connectivity index is 0.000000116. The van der Waals surface area contributed by atoms with E-state index < -0.39 is 0 Å². The fourth-order valence-corrected chi connectivity index (χ4v) is 21.0. The standard InChI is InChI=1S/C29H31N2.C29H30N.C22H22NO.C22H22NS.C21H24N/c1-18(2)21-11-12-23-22(16-21)13-14-30(6)29(23)25-17-28-26(15-20(25)5)24-9-7-8-10-27(24)31(28)19(3)4;1-18(2)20-11-12-22-21(16-20)13-14-30(6)28(22)24-17-27-25(15-19(24)3)23-9-7-8-10-26(23)29(27,4)5;2*1-14(2)16-5-6-19-17(12-16)7-9-23(4)22(19)20-13-21-18(8-10-24-21)11-15(20)3;1-14(2)17-9-10-20-18(13-17)11-12-22(5)21(20)19-8-6-7-15(3)16(19)4/h7-19H,1-6H3;7-18H,1-6H3;2*5-14H,1-4H3;6-14H,1-5H3/q5*+1/i;;;;6D. The largest absolute Gasteiger partial charge is 0.464 e. The fraction of sp³-hybridized carbons (Fsp3) is 0.260. The zero-order chi connectivity index (χ0) is 93.5. The molecule has 0 N–H and O–H groups in total. The summed E-state index contributed by atoms with van der Waals surface area (Å²) >= 11 is 1.81. The number of pyridine rings is 5. The van der Waals surface area contributed by atoms with Crippen molar-refractivity contribution in [1.82, 2.24) is 4.57 Å². The van der Waals surface area contributed by atoms with Gasteiger partial charge in [-0.3, -0.25) is 0 Å². The molecule has 0 saturated heterocycles. The van der Waals surface area contributed by atoms with Gasteiger partial charge in [-0.2, -0.15) is 0 Å². The molecule has 0 saturated carbocycles. The van der Waals surface area contributed by atoms with Crippen molar-refractivity contribution in [1.29, 1.82) is 0 Å². The lowest BCUT2D eigenvalue weighted by atomic mass is 9.81. The molecule has 1 aliphatic carbocycles. The van der Waals surface area contributed by atoms with Crippen molar-refractivity contribution >= 4 is 108 Å². The molecule has 20 aromatic rings. The van der Waals surface area contributed by atoms with Gasteiger partial charge in [0.05, 0.1) is 62.3 Å². The number of aromatic nitrogens is 6. The van der Waals surface area contributed by atoms with Crippen LogP contribution in [0.3, 0.4) is 0 Å². The van der Waals surface area contributed by atoms with Gasteiger partial charge in [-0.15, -0.1) is 11.3 Å². The molecule has 0 amide bonds. The van der Waals surface area contributed by atoms with Gasteiger partial charge in [0.2, 0.25) is 28.5 Å². The lowest BCUT2D eigenvalue weighted by Gasteiger charge is -2.22. The highest BCUT2D eigenvalue weighted by Crippen LogP contribution is 2.51. The maximum atomic E-state index is 8.08. The molecule has 8 aromatic heterocycles. The third kappa shape index (κ3) is 17.1. The molecule has 12 aromatic carbocycles. The Hall–Kier alpha value is -13.0. The normalized spacial score (nSPS) is 12.4. The van der Waals surface area contributed by atoms with Gasteiger partial charge in [0.1, 0.15) is 40.8 Å². The van der Waals surface area contributed by atoms with Crippen LogP contribution in [0.4, 0.5) is 0 Å². The Labute approximate surface area is 781 Å². The molecule has 1 aliphatic rings. The molecule has 131 heavy (non-hydrogen) atoms. The van der Waals surface area contributed by atoms with Gasteiger partial charge in [-0.05, 0) is 303 Å². The summed E-state index contributed by atoms with van der Waals surface area (Å²) in [6.45, 7) is 44.8. The number of aryl methyl sites for hydroxylation is 10. The predicted molar refractivity (Wildman–Crippen MR) is 558 cm³/mol. The molecule has 0 radical (unpaired) electrons. The number of nitrogens with zero attached hydrogens (tertiary/aromatic N) is 6. The summed E-state index contributed by atoms with van der Waals surface area (Å²) in [5, 5.41) is 20.3. The topological polar surface area (TPSA) is 37.5 Å². The van der Waals surface area contributed by atoms with Crippen molar-refractivity contribution in [3.05, 3.63) is 364 Å². The molecule has 8 heteroatoms. The molecular formula is C123H129N6OS+5. The van der Waals surface area contributed by atoms with Gasteiger partial charge in [-0.1, -0.05) is 204 Å². The van der Waals surface area contributed by atoms with Gasteiger partial charge in [-0.25, -0.2) is 22.8 Å². The number of para-hydroxylation sites is 1. The van der Waals surface area contributed by atoms with E-state index >= 15 is 0 Å². The monoisotopic (exact) mass is 1740 g/mol. The maximum absolute atomic E-state index is 8.08. The second-order valence-corrected chi connectivity index (χ2v) is 40.3. The summed E-state index contributed by atoms with van der Waals surface area (Å²) in [5.41, 5.74) is 36.4. The zero-order valence-electron chi connectivity index (χ0n) is 82.6. The SMILES string of the molecule is Cc1cc2c(cc1-c1c3ccc(C(C)C)cc3cc[n+]1C)C(C)(C)c1ccccc1-2.Cc1cc2c3ccccc3n(C(C)C)c2cc1-c1c2ccc(C(C)C)cc2cc[n+]1C.Cc1cc2ccoc2cc1-c1c2ccc(C(C)C)cc2cc[n+]1C.Cc1cc2ccsc2cc1-c1c2ccc(C(C)C)cc2cc[n+]1C.[2H]c1cc(C)c(C)c(-c2c3ccc(C(C)C)cc3cc[n+]2C)c1. The van der Waals surface area contributed by atoms with Crippen LogP contribution in [0.1, 0.15) is 206 Å². The first kappa shape index (κ1) is 88.6. The van der Waals surface area contributed by atoms with Gasteiger partial charge >= 0.3 is 0 Å². The predicted octanol–water partition coefficient (Wildman–Crippen LogP) is 31.1. The van der Waals surface area contributed by atoms with Crippen LogP contribution < -0.4 is 22.8 Å². The van der Waals surface area contributed by atoms with Crippen LogP contribution in [0.5, 0.6) is 0 Å². The zero-order valence-corrected chi connectivity index (χ0v) is 82.4. The summed E-state index contributed by atoms with van der Waals surface area (Å²) < 4.78 is 28.7. The summed E-state index contributed by atoms with van der Waals surface area (Å²) in [6.07, 6.45) is 12.6. The fourth-order valence-electron chi connectivity index (χ4n) is 20.2. The van der Waals surface area contributed by atoms with E-state index in [0.29, 0.717) is 41.7 Å². The summed E-state index contributed by atoms with van der Waals surface area (Å²) in [7, 11) is 10.7. The molecule has 0 fully saturated rings. The Kier molecular flexibility index (Phi) is 24.6. The van der Waals surface area contributed by atoms with Crippen LogP contribution in [0, 0.1) is 41.5 Å². The minimum Gasteiger partial charge on any atom is -0.464 e. The van der Waals surface area contributed by atoms with E-state index in [4.69, 9.17) is 5.79 Å². The van der Waals surface area contributed by atoms with Gasteiger partial charge in [0.15, 0.2) is 31.0 Å². The summed E-state index contributed by atoms with van der Waals surface area (Å²) in [5.74, 6) is 2.68. The average molecular weight is 1740 g/mol. The van der Waals surface area contributed by atoms with Crippen molar-refractivity contribution in [2.24, 2.45) is 35.2 Å². The van der Waals surface area contributed by atoms with Gasteiger partial charge < -0.3 is 8.98 Å². The Morgan fingerprint density at radius 2 is 0.702 bits per heavy atom. The first-order chi connectivity index (χ1) is 63.1. The highest BCUT2D eigenvalue weighted by molar-refractivity contribution is 7.17.